The minimum atomic E-state index is -0.863. The molecule has 4 rings (SSSR count). The summed E-state index contributed by atoms with van der Waals surface area (Å²) in [7, 11) is 10.7. The summed E-state index contributed by atoms with van der Waals surface area (Å²) in [6, 6.07) is 0. The van der Waals surface area contributed by atoms with Gasteiger partial charge in [0.25, 0.3) is 0 Å². The highest BCUT2D eigenvalue weighted by molar-refractivity contribution is 5.81. The van der Waals surface area contributed by atoms with E-state index >= 15 is 0 Å². The molecule has 1 N–H and O–H groups in total. The molecule has 4 nitrogen and oxygen atoms in total. The number of hydrogen-bond acceptors (Lipinski definition) is 2. The van der Waals surface area contributed by atoms with Gasteiger partial charge in [-0.05, 0) is 105 Å². The highest BCUT2D eigenvalue weighted by Crippen LogP contribution is 2.70. The Hall–Kier alpha value is -0.140. The van der Waals surface area contributed by atoms with E-state index < -0.39 is 11.5 Å². The second kappa shape index (κ2) is 12.3. The fourth-order valence-electron chi connectivity index (χ4n) is 11.8. The molecular weight excluding hydrogens is 619 g/mol. The number of carboxylic acids is 1. The lowest BCUT2D eigenvalue weighted by Gasteiger charge is -2.67. The summed E-state index contributed by atoms with van der Waals surface area (Å²) in [5, 5.41) is 11.1. The zero-order valence-electron chi connectivity index (χ0n) is 28.7. The topological polar surface area (TPSA) is 40.5 Å². The second-order valence-electron chi connectivity index (χ2n) is 17.0. The maximum atomic E-state index is 13.5. The van der Waals surface area contributed by atoms with Crippen LogP contribution < -0.4 is 24.0 Å². The third-order valence-electron chi connectivity index (χ3n) is 13.7. The molecule has 0 spiro atoms. The van der Waals surface area contributed by atoms with E-state index in [1.807, 2.05) is 0 Å². The number of carboxylic acid groups (broad SMARTS) is 1. The van der Waals surface area contributed by atoms with Crippen LogP contribution in [0.25, 0.3) is 0 Å². The third kappa shape index (κ3) is 5.40. The van der Waals surface area contributed by atoms with Crippen molar-refractivity contribution in [3.8, 4) is 0 Å². The van der Waals surface area contributed by atoms with Gasteiger partial charge in [0, 0.05) is 6.42 Å². The van der Waals surface area contributed by atoms with Crippen molar-refractivity contribution in [2.24, 2.45) is 46.3 Å². The first kappa shape index (κ1) is 35.3. The maximum Gasteiger partial charge on any atom is 0.368 e. The molecular formula is C36H65IN2O2. The van der Waals surface area contributed by atoms with Gasteiger partial charge in [-0.25, -0.2) is 4.79 Å². The smallest absolute Gasteiger partial charge is 0.368 e. The summed E-state index contributed by atoms with van der Waals surface area (Å²) in [5.74, 6) is 4.15. The summed E-state index contributed by atoms with van der Waals surface area (Å²) in [6.07, 6.45) is 17.0. The van der Waals surface area contributed by atoms with E-state index in [2.05, 4.69) is 87.8 Å². The molecule has 0 aromatic heterocycles. The molecule has 9 atom stereocenters. The van der Waals surface area contributed by atoms with Crippen LogP contribution in [0, 0.1) is 46.3 Å². The molecule has 0 radical (unpaired) electrons. The van der Waals surface area contributed by atoms with Crippen LogP contribution >= 0.6 is 0 Å². The highest BCUT2D eigenvalue weighted by Gasteiger charge is 2.73. The van der Waals surface area contributed by atoms with Crippen molar-refractivity contribution in [2.45, 2.75) is 130 Å². The van der Waals surface area contributed by atoms with Crippen molar-refractivity contribution in [1.82, 2.24) is 4.90 Å². The van der Waals surface area contributed by atoms with Crippen LogP contribution in [-0.4, -0.2) is 66.8 Å². The zero-order valence-corrected chi connectivity index (χ0v) is 30.8. The monoisotopic (exact) mass is 684 g/mol. The molecule has 0 aromatic rings. The predicted molar refractivity (Wildman–Crippen MR) is 168 cm³/mol. The van der Waals surface area contributed by atoms with Gasteiger partial charge in [-0.15, -0.1) is 0 Å². The van der Waals surface area contributed by atoms with Crippen LogP contribution in [0.4, 0.5) is 0 Å². The van der Waals surface area contributed by atoms with Gasteiger partial charge in [0.05, 0.1) is 26.7 Å². The largest absolute Gasteiger partial charge is 1.00 e. The van der Waals surface area contributed by atoms with Gasteiger partial charge in [-0.3, -0.25) is 4.90 Å². The normalized spacial score (nSPS) is 41.2. The molecule has 5 heteroatoms. The molecule has 3 saturated carbocycles. The van der Waals surface area contributed by atoms with Crippen LogP contribution in [0.5, 0.6) is 0 Å². The Morgan fingerprint density at radius 1 is 1.07 bits per heavy atom. The van der Waals surface area contributed by atoms with Crippen molar-refractivity contribution in [2.75, 3.05) is 35.2 Å². The van der Waals surface area contributed by atoms with E-state index in [-0.39, 0.29) is 34.9 Å². The molecule has 3 fully saturated rings. The van der Waals surface area contributed by atoms with Gasteiger partial charge < -0.3 is 33.6 Å². The lowest BCUT2D eigenvalue weighted by Crippen LogP contribution is -3.00. The van der Waals surface area contributed by atoms with Crippen molar-refractivity contribution >= 4 is 5.97 Å². The Labute approximate surface area is 271 Å². The maximum absolute atomic E-state index is 13.5. The summed E-state index contributed by atoms with van der Waals surface area (Å²) in [5.41, 5.74) is 0.780. The Bertz CT molecular complexity index is 971. The molecule has 0 saturated heterocycles. The minimum absolute atomic E-state index is 0. The second-order valence-corrected chi connectivity index (χ2v) is 17.0. The summed E-state index contributed by atoms with van der Waals surface area (Å²) in [4.78, 5) is 15.9. The van der Waals surface area contributed by atoms with Crippen LogP contribution in [0.1, 0.15) is 119 Å². The van der Waals surface area contributed by atoms with Gasteiger partial charge in [-0.2, -0.15) is 0 Å². The van der Waals surface area contributed by atoms with Gasteiger partial charge in [0.15, 0.2) is 0 Å². The molecule has 0 heterocycles. The standard InChI is InChI=1S/C36H64N2O2.HI/c1-12-21-35(37(7)8)24-34(6)27(23-36(35,32(39)40)38(9,10)11)16-17-28-30-19-18-29(26(4)15-13-14-25(2)3)33(30,5)22-20-31(28)34;/h16,25-26,28-31H,12-15,17-24H2,1-11H3;1H/t26-,28+,29-,30+,31+,33-,34+,35?,36?;/m1./s1. The number of carbonyl (C=O) groups is 1. The number of hydrogen-bond donors (Lipinski definition) is 1. The van der Waals surface area contributed by atoms with Crippen molar-refractivity contribution < 1.29 is 38.4 Å². The van der Waals surface area contributed by atoms with E-state index in [0.717, 1.165) is 48.9 Å². The molecule has 0 aliphatic heterocycles. The summed E-state index contributed by atoms with van der Waals surface area (Å²) < 4.78 is 0.457. The van der Waals surface area contributed by atoms with Crippen molar-refractivity contribution in [1.29, 1.82) is 0 Å². The molecule has 41 heavy (non-hydrogen) atoms. The van der Waals surface area contributed by atoms with Crippen LogP contribution in [-0.2, 0) is 4.79 Å². The predicted octanol–water partition coefficient (Wildman–Crippen LogP) is 5.27. The van der Waals surface area contributed by atoms with E-state index in [9.17, 15) is 9.90 Å². The number of halogens is 1. The first-order valence-electron chi connectivity index (χ1n) is 16.9. The lowest BCUT2D eigenvalue weighted by atomic mass is 9.43. The first-order chi connectivity index (χ1) is 18.5. The number of quaternary nitrogens is 1. The Kier molecular flexibility index (Phi) is 10.6. The van der Waals surface area contributed by atoms with E-state index in [4.69, 9.17) is 0 Å². The fourth-order valence-corrected chi connectivity index (χ4v) is 11.8. The Balaban J connectivity index is 0.00000462. The molecule has 238 valence electrons. The van der Waals surface area contributed by atoms with E-state index in [0.29, 0.717) is 22.2 Å². The molecule has 0 amide bonds. The van der Waals surface area contributed by atoms with Crippen molar-refractivity contribution in [3.63, 3.8) is 0 Å². The number of rotatable bonds is 10. The summed E-state index contributed by atoms with van der Waals surface area (Å²) >= 11 is 0. The van der Waals surface area contributed by atoms with E-state index in [1.165, 1.54) is 56.9 Å². The average Bonchev–Trinajstić information content (AvgIpc) is 3.19. The molecule has 4 aliphatic rings. The molecule has 0 bridgehead atoms. The minimum Gasteiger partial charge on any atom is -1.00 e. The lowest BCUT2D eigenvalue weighted by molar-refractivity contribution is -0.921. The number of allylic oxidation sites excluding steroid dienone is 1. The van der Waals surface area contributed by atoms with Gasteiger partial charge in [0.1, 0.15) is 0 Å². The van der Waals surface area contributed by atoms with Crippen LogP contribution in [0.3, 0.4) is 0 Å². The molecule has 4 aliphatic carbocycles. The zero-order chi connectivity index (χ0) is 29.9. The number of likely N-dealkylation sites (N-methyl/N-ethyl adjacent to an activating group) is 2. The third-order valence-corrected chi connectivity index (χ3v) is 13.7. The van der Waals surface area contributed by atoms with Crippen LogP contribution in [0.2, 0.25) is 0 Å². The molecule has 0 aromatic carbocycles. The van der Waals surface area contributed by atoms with Gasteiger partial charge >= 0.3 is 5.97 Å². The number of aliphatic carboxylic acids is 1. The van der Waals surface area contributed by atoms with Gasteiger partial charge in [-0.1, -0.05) is 78.9 Å². The SMILES string of the molecule is CCCC1(N(C)C)C[C@@]2(C)C(=CC[C@H]3[C@@H]4CC[C@H]([C@H](C)CCCC(C)C)[C@@]4(C)CC[C@@H]32)CC1(C(=O)O)[N+](C)(C)C.[I-]. The fraction of sp³-hybridized carbons (Fsp3) is 0.917. The Morgan fingerprint density at radius 3 is 2.27 bits per heavy atom. The Morgan fingerprint density at radius 2 is 1.73 bits per heavy atom. The number of fused-ring (bicyclic) bond motifs is 5. The summed E-state index contributed by atoms with van der Waals surface area (Å²) in [6.45, 7) is 14.8. The number of nitrogens with zero attached hydrogens (tertiary/aromatic N) is 2. The van der Waals surface area contributed by atoms with E-state index in [1.54, 1.807) is 0 Å². The average molecular weight is 685 g/mol. The van der Waals surface area contributed by atoms with Crippen LogP contribution in [0.15, 0.2) is 11.6 Å². The van der Waals surface area contributed by atoms with Gasteiger partial charge in [0.2, 0.25) is 5.54 Å². The molecule has 2 unspecified atom stereocenters. The quantitative estimate of drug-likeness (QED) is 0.194. The first-order valence-corrected chi connectivity index (χ1v) is 16.9. The van der Waals surface area contributed by atoms with Crippen molar-refractivity contribution in [3.05, 3.63) is 11.6 Å². The highest BCUT2D eigenvalue weighted by atomic mass is 127.